The fourth-order valence-electron chi connectivity index (χ4n) is 9.75. The molecule has 13 aromatic rings. The van der Waals surface area contributed by atoms with E-state index in [-0.39, 0.29) is 0 Å². The van der Waals surface area contributed by atoms with Gasteiger partial charge in [0.2, 0.25) is 0 Å². The average molecular weight is 753 g/mol. The largest absolute Gasteiger partial charge is 0.456 e. The Morgan fingerprint density at radius 2 is 0.845 bits per heavy atom. The molecule has 0 atom stereocenters. The van der Waals surface area contributed by atoms with Crippen LogP contribution in [-0.4, -0.2) is 0 Å². The highest BCUT2D eigenvalue weighted by Crippen LogP contribution is 2.46. The molecule has 0 N–H and O–H groups in total. The van der Waals surface area contributed by atoms with E-state index in [9.17, 15) is 0 Å². The molecule has 0 unspecified atom stereocenters. The summed E-state index contributed by atoms with van der Waals surface area (Å²) in [5.41, 5.74) is 9.24. The lowest BCUT2D eigenvalue weighted by atomic mass is 9.84. The fourth-order valence-corrected chi connectivity index (χ4v) is 10.9. The Balaban J connectivity index is 0.925. The number of rotatable bonds is 3. The van der Waals surface area contributed by atoms with E-state index in [0.717, 1.165) is 27.5 Å². The molecule has 1 nitrogen and oxygen atoms in total. The van der Waals surface area contributed by atoms with E-state index in [1.165, 1.54) is 102 Å². The van der Waals surface area contributed by atoms with Crippen LogP contribution in [0.25, 0.3) is 129 Å². The zero-order chi connectivity index (χ0) is 37.9. The van der Waals surface area contributed by atoms with Crippen molar-refractivity contribution in [2.24, 2.45) is 0 Å². The molecule has 13 rings (SSSR count). The maximum Gasteiger partial charge on any atom is 0.136 e. The third-order valence-electron chi connectivity index (χ3n) is 12.4. The van der Waals surface area contributed by atoms with E-state index in [2.05, 4.69) is 194 Å². The molecule has 2 aromatic heterocycles. The Labute approximate surface area is 337 Å². The Morgan fingerprint density at radius 3 is 1.60 bits per heavy atom. The molecule has 0 saturated heterocycles. The highest BCUT2D eigenvalue weighted by atomic mass is 32.1. The zero-order valence-corrected chi connectivity index (χ0v) is 32.1. The van der Waals surface area contributed by atoms with Crippen LogP contribution in [0.1, 0.15) is 0 Å². The van der Waals surface area contributed by atoms with Gasteiger partial charge in [0, 0.05) is 30.9 Å². The molecular weight excluding hydrogens is 721 g/mol. The van der Waals surface area contributed by atoms with Crippen LogP contribution in [0.5, 0.6) is 0 Å². The molecule has 0 spiro atoms. The Morgan fingerprint density at radius 1 is 0.293 bits per heavy atom. The van der Waals surface area contributed by atoms with E-state index in [0.29, 0.717) is 0 Å². The minimum atomic E-state index is 0.917. The predicted octanol–water partition coefficient (Wildman–Crippen LogP) is 16.7. The van der Waals surface area contributed by atoms with Crippen LogP contribution in [0.3, 0.4) is 0 Å². The van der Waals surface area contributed by atoms with Gasteiger partial charge in [-0.05, 0) is 130 Å². The molecule has 0 radical (unpaired) electrons. The van der Waals surface area contributed by atoms with E-state index in [4.69, 9.17) is 4.42 Å². The van der Waals surface area contributed by atoms with Gasteiger partial charge >= 0.3 is 0 Å². The van der Waals surface area contributed by atoms with Gasteiger partial charge in [0.05, 0.1) is 0 Å². The summed E-state index contributed by atoms with van der Waals surface area (Å²) in [4.78, 5) is 0. The van der Waals surface area contributed by atoms with Gasteiger partial charge in [0.1, 0.15) is 11.2 Å². The standard InChI is InChI=1S/C56H32OS/c1-3-13-40-33(10-1)12-9-19-43(40)55-46-17-7-5-15-44(46)54(45-16-6-8-18-47(45)55)39-23-22-35-28-36(20-21-37(35)29-39)38-24-26-42-48-31-49-53(32-51(48)57-50(42)30-38)58-52-27-25-34-11-2-4-14-41(34)56(49)52/h1-32H. The molecule has 0 bridgehead atoms. The number of furan rings is 1. The van der Waals surface area contributed by atoms with Gasteiger partial charge in [-0.3, -0.25) is 0 Å². The number of thiophene rings is 1. The van der Waals surface area contributed by atoms with Crippen molar-refractivity contribution in [3.8, 4) is 33.4 Å². The summed E-state index contributed by atoms with van der Waals surface area (Å²) in [5, 5.41) is 17.6. The normalized spacial score (nSPS) is 12.1. The van der Waals surface area contributed by atoms with Crippen molar-refractivity contribution in [3.63, 3.8) is 0 Å². The Kier molecular flexibility index (Phi) is 6.66. The molecule has 58 heavy (non-hydrogen) atoms. The summed E-state index contributed by atoms with van der Waals surface area (Å²) < 4.78 is 9.16. The van der Waals surface area contributed by atoms with E-state index in [1.54, 1.807) is 0 Å². The number of fused-ring (bicyclic) bond motifs is 12. The summed E-state index contributed by atoms with van der Waals surface area (Å²) >= 11 is 1.84. The Bertz CT molecular complexity index is 3800. The van der Waals surface area contributed by atoms with E-state index >= 15 is 0 Å². The molecule has 2 heteroatoms. The second-order valence-electron chi connectivity index (χ2n) is 15.6. The molecule has 2 heterocycles. The number of benzene rings is 11. The van der Waals surface area contributed by atoms with Crippen molar-refractivity contribution in [1.29, 1.82) is 0 Å². The first-order valence-corrected chi connectivity index (χ1v) is 20.7. The molecule has 0 aliphatic heterocycles. The first-order valence-electron chi connectivity index (χ1n) is 19.9. The summed E-state index contributed by atoms with van der Waals surface area (Å²) in [5.74, 6) is 0. The first-order chi connectivity index (χ1) is 28.7. The number of hydrogen-bond acceptors (Lipinski definition) is 2. The van der Waals surface area contributed by atoms with Gasteiger partial charge in [-0.1, -0.05) is 152 Å². The second kappa shape index (κ2) is 12.1. The Hall–Kier alpha value is -7.26. The minimum absolute atomic E-state index is 0.917. The lowest BCUT2D eigenvalue weighted by Crippen LogP contribution is -1.91. The van der Waals surface area contributed by atoms with Gasteiger partial charge in [-0.2, -0.15) is 0 Å². The predicted molar refractivity (Wildman–Crippen MR) is 250 cm³/mol. The monoisotopic (exact) mass is 752 g/mol. The number of hydrogen-bond donors (Lipinski definition) is 0. The smallest absolute Gasteiger partial charge is 0.136 e. The molecule has 11 aromatic carbocycles. The maximum atomic E-state index is 6.59. The van der Waals surface area contributed by atoms with Crippen LogP contribution in [0, 0.1) is 0 Å². The first kappa shape index (κ1) is 31.9. The van der Waals surface area contributed by atoms with Crippen LogP contribution in [-0.2, 0) is 0 Å². The van der Waals surface area contributed by atoms with Crippen molar-refractivity contribution < 1.29 is 4.42 Å². The third kappa shape index (κ3) is 4.64. The van der Waals surface area contributed by atoms with Gasteiger partial charge < -0.3 is 4.42 Å². The van der Waals surface area contributed by atoms with Crippen LogP contribution >= 0.6 is 11.3 Å². The summed E-state index contributed by atoms with van der Waals surface area (Å²) in [6, 6.07) is 71.5. The van der Waals surface area contributed by atoms with E-state index in [1.807, 2.05) is 11.3 Å². The maximum absolute atomic E-state index is 6.59. The topological polar surface area (TPSA) is 13.1 Å². The van der Waals surface area contributed by atoms with Crippen molar-refractivity contribution in [2.45, 2.75) is 0 Å². The minimum Gasteiger partial charge on any atom is -0.456 e. The summed E-state index contributed by atoms with van der Waals surface area (Å²) in [6.07, 6.45) is 0. The van der Waals surface area contributed by atoms with Gasteiger partial charge in [0.15, 0.2) is 0 Å². The van der Waals surface area contributed by atoms with Gasteiger partial charge in [0.25, 0.3) is 0 Å². The SMILES string of the molecule is c1ccc2c(-c3c4ccccc4c(-c4ccc5cc(-c6ccc7c(c6)oc6cc8sc9ccc%10ccccc%10c9c8cc67)ccc5c4)c4ccccc34)cccc2c1. The van der Waals surface area contributed by atoms with Crippen LogP contribution in [0.4, 0.5) is 0 Å². The van der Waals surface area contributed by atoms with Crippen LogP contribution in [0.2, 0.25) is 0 Å². The lowest BCUT2D eigenvalue weighted by Gasteiger charge is -2.19. The molecule has 268 valence electrons. The van der Waals surface area contributed by atoms with Crippen molar-refractivity contribution in [2.75, 3.05) is 0 Å². The molecule has 0 aliphatic carbocycles. The zero-order valence-electron chi connectivity index (χ0n) is 31.3. The molecule has 0 aliphatic rings. The highest BCUT2D eigenvalue weighted by Gasteiger charge is 2.19. The van der Waals surface area contributed by atoms with Gasteiger partial charge in [-0.25, -0.2) is 0 Å². The highest BCUT2D eigenvalue weighted by molar-refractivity contribution is 7.26. The van der Waals surface area contributed by atoms with Gasteiger partial charge in [-0.15, -0.1) is 11.3 Å². The van der Waals surface area contributed by atoms with Crippen LogP contribution < -0.4 is 0 Å². The molecular formula is C56H32OS. The van der Waals surface area contributed by atoms with E-state index < -0.39 is 0 Å². The summed E-state index contributed by atoms with van der Waals surface area (Å²) in [6.45, 7) is 0. The summed E-state index contributed by atoms with van der Waals surface area (Å²) in [7, 11) is 0. The second-order valence-corrected chi connectivity index (χ2v) is 16.6. The molecule has 0 amide bonds. The van der Waals surface area contributed by atoms with Crippen molar-refractivity contribution in [1.82, 2.24) is 0 Å². The fraction of sp³-hybridized carbons (Fsp3) is 0. The molecule has 0 fully saturated rings. The van der Waals surface area contributed by atoms with Crippen molar-refractivity contribution in [3.05, 3.63) is 194 Å². The van der Waals surface area contributed by atoms with Crippen molar-refractivity contribution >= 4 is 107 Å². The quantitative estimate of drug-likeness (QED) is 0.164. The average Bonchev–Trinajstić information content (AvgIpc) is 3.83. The lowest BCUT2D eigenvalue weighted by molar-refractivity contribution is 0.669. The molecule has 0 saturated carbocycles. The van der Waals surface area contributed by atoms with Crippen LogP contribution in [0.15, 0.2) is 199 Å². The third-order valence-corrected chi connectivity index (χ3v) is 13.5.